The van der Waals surface area contributed by atoms with Gasteiger partial charge in [0.15, 0.2) is 6.61 Å². The van der Waals surface area contributed by atoms with Crippen molar-refractivity contribution < 1.29 is 23.8 Å². The molecule has 6 heteroatoms. The van der Waals surface area contributed by atoms with Gasteiger partial charge in [0.1, 0.15) is 11.6 Å². The van der Waals surface area contributed by atoms with Crippen molar-refractivity contribution in [2.24, 2.45) is 0 Å². The number of hydrogen-bond donors (Lipinski definition) is 0. The van der Waals surface area contributed by atoms with Crippen LogP contribution in [-0.2, 0) is 23.8 Å². The van der Waals surface area contributed by atoms with Crippen molar-refractivity contribution in [3.05, 3.63) is 0 Å². The minimum atomic E-state index is -0.576. The maximum atomic E-state index is 11.9. The first-order valence-electron chi connectivity index (χ1n) is 6.53. The van der Waals surface area contributed by atoms with Crippen molar-refractivity contribution in [1.29, 1.82) is 0 Å². The van der Waals surface area contributed by atoms with Crippen LogP contribution in [0, 0.1) is 0 Å². The monoisotopic (exact) mass is 273 g/mol. The third kappa shape index (κ3) is 5.57. The molecule has 0 aromatic rings. The predicted molar refractivity (Wildman–Crippen MR) is 68.7 cm³/mol. The topological polar surface area (TPSA) is 65.1 Å². The lowest BCUT2D eigenvalue weighted by atomic mass is 10.2. The summed E-state index contributed by atoms with van der Waals surface area (Å²) >= 11 is 0. The molecule has 0 amide bonds. The summed E-state index contributed by atoms with van der Waals surface area (Å²) < 4.78 is 15.3. The molecule has 0 unspecified atom stereocenters. The summed E-state index contributed by atoms with van der Waals surface area (Å²) in [4.78, 5) is 25.3. The fraction of sp³-hybridized carbons (Fsp3) is 0.846. The van der Waals surface area contributed by atoms with E-state index in [0.29, 0.717) is 19.8 Å². The molecule has 1 heterocycles. The highest BCUT2D eigenvalue weighted by Gasteiger charge is 2.30. The average molecular weight is 273 g/mol. The molecule has 1 rings (SSSR count). The normalized spacial score (nSPS) is 20.9. The van der Waals surface area contributed by atoms with Crippen LogP contribution in [0.3, 0.4) is 0 Å². The number of likely N-dealkylation sites (N-methyl/N-ethyl adjacent to an activating group) is 1. The van der Waals surface area contributed by atoms with E-state index in [-0.39, 0.29) is 6.61 Å². The molecule has 0 aromatic heterocycles. The van der Waals surface area contributed by atoms with Crippen LogP contribution >= 0.6 is 0 Å². The van der Waals surface area contributed by atoms with Gasteiger partial charge >= 0.3 is 11.9 Å². The number of rotatable bonds is 4. The van der Waals surface area contributed by atoms with Crippen molar-refractivity contribution in [2.45, 2.75) is 39.3 Å². The predicted octanol–water partition coefficient (Wildman–Crippen LogP) is 0.592. The van der Waals surface area contributed by atoms with Crippen molar-refractivity contribution in [3.63, 3.8) is 0 Å². The summed E-state index contributed by atoms with van der Waals surface area (Å²) in [6.07, 6.45) is 0. The molecule has 0 N–H and O–H groups in total. The Morgan fingerprint density at radius 1 is 1.37 bits per heavy atom. The second-order valence-corrected chi connectivity index (χ2v) is 5.41. The number of hydrogen-bond acceptors (Lipinski definition) is 6. The van der Waals surface area contributed by atoms with Gasteiger partial charge < -0.3 is 14.2 Å². The standard InChI is InChI=1S/C13H23NO5/c1-5-14-6-7-17-8-10(14)12(16)18-9-11(15)19-13(2,3)4/h10H,5-9H2,1-4H3/t10-/m0/s1. The minimum absolute atomic E-state index is 0.307. The first-order chi connectivity index (χ1) is 8.83. The van der Waals surface area contributed by atoms with Crippen LogP contribution in [0.25, 0.3) is 0 Å². The highest BCUT2D eigenvalue weighted by atomic mass is 16.6. The number of carbonyl (C=O) groups excluding carboxylic acids is 2. The van der Waals surface area contributed by atoms with Gasteiger partial charge in [-0.05, 0) is 27.3 Å². The van der Waals surface area contributed by atoms with E-state index >= 15 is 0 Å². The lowest BCUT2D eigenvalue weighted by Gasteiger charge is -2.32. The second kappa shape index (κ2) is 6.86. The van der Waals surface area contributed by atoms with Gasteiger partial charge in [0, 0.05) is 6.54 Å². The van der Waals surface area contributed by atoms with E-state index in [1.54, 1.807) is 20.8 Å². The van der Waals surface area contributed by atoms with E-state index in [2.05, 4.69) is 0 Å². The molecule has 0 radical (unpaired) electrons. The Balaban J connectivity index is 2.39. The van der Waals surface area contributed by atoms with Crippen LogP contribution in [-0.4, -0.2) is 61.4 Å². The van der Waals surface area contributed by atoms with Gasteiger partial charge in [-0.25, -0.2) is 4.79 Å². The molecule has 0 aromatic carbocycles. The third-order valence-electron chi connectivity index (χ3n) is 2.67. The van der Waals surface area contributed by atoms with E-state index in [1.165, 1.54) is 0 Å². The molecule has 1 fully saturated rings. The lowest BCUT2D eigenvalue weighted by molar-refractivity contribution is -0.171. The summed E-state index contributed by atoms with van der Waals surface area (Å²) in [5.74, 6) is -0.979. The smallest absolute Gasteiger partial charge is 0.344 e. The molecule has 0 saturated carbocycles. The largest absolute Gasteiger partial charge is 0.457 e. The van der Waals surface area contributed by atoms with E-state index < -0.39 is 23.6 Å². The third-order valence-corrected chi connectivity index (χ3v) is 2.67. The van der Waals surface area contributed by atoms with E-state index in [0.717, 1.165) is 6.54 Å². The van der Waals surface area contributed by atoms with Crippen molar-refractivity contribution in [1.82, 2.24) is 4.90 Å². The Kier molecular flexibility index (Phi) is 5.75. The number of carbonyl (C=O) groups is 2. The van der Waals surface area contributed by atoms with Crippen molar-refractivity contribution in [3.8, 4) is 0 Å². The van der Waals surface area contributed by atoms with Crippen LogP contribution in [0.4, 0.5) is 0 Å². The summed E-state index contributed by atoms with van der Waals surface area (Å²) in [5.41, 5.74) is -0.576. The highest BCUT2D eigenvalue weighted by molar-refractivity contribution is 5.80. The van der Waals surface area contributed by atoms with Crippen LogP contribution < -0.4 is 0 Å². The fourth-order valence-corrected chi connectivity index (χ4v) is 1.83. The van der Waals surface area contributed by atoms with Crippen LogP contribution in [0.5, 0.6) is 0 Å². The average Bonchev–Trinajstić information content (AvgIpc) is 2.33. The van der Waals surface area contributed by atoms with Gasteiger partial charge in [0.05, 0.1) is 13.2 Å². The number of morpholine rings is 1. The number of ether oxygens (including phenoxy) is 3. The van der Waals surface area contributed by atoms with Gasteiger partial charge in [0.25, 0.3) is 0 Å². The van der Waals surface area contributed by atoms with Crippen molar-refractivity contribution >= 4 is 11.9 Å². The number of esters is 2. The molecule has 1 aliphatic heterocycles. The summed E-state index contributed by atoms with van der Waals surface area (Å²) in [6.45, 7) is 9.27. The molecule has 1 aliphatic rings. The zero-order chi connectivity index (χ0) is 14.5. The van der Waals surface area contributed by atoms with E-state index in [4.69, 9.17) is 14.2 Å². The quantitative estimate of drug-likeness (QED) is 0.699. The summed E-state index contributed by atoms with van der Waals surface area (Å²) in [7, 11) is 0. The van der Waals surface area contributed by atoms with Gasteiger partial charge in [-0.1, -0.05) is 6.92 Å². The molecule has 0 spiro atoms. The molecule has 110 valence electrons. The van der Waals surface area contributed by atoms with Crippen molar-refractivity contribution in [2.75, 3.05) is 32.9 Å². The van der Waals surface area contributed by atoms with Gasteiger partial charge in [-0.3, -0.25) is 9.69 Å². The van der Waals surface area contributed by atoms with Crippen LogP contribution in [0.1, 0.15) is 27.7 Å². The number of nitrogens with zero attached hydrogens (tertiary/aromatic N) is 1. The fourth-order valence-electron chi connectivity index (χ4n) is 1.83. The molecule has 1 atom stereocenters. The Morgan fingerprint density at radius 2 is 2.05 bits per heavy atom. The van der Waals surface area contributed by atoms with Crippen LogP contribution in [0.15, 0.2) is 0 Å². The first-order valence-corrected chi connectivity index (χ1v) is 6.53. The van der Waals surface area contributed by atoms with Gasteiger partial charge in [-0.2, -0.15) is 0 Å². The zero-order valence-electron chi connectivity index (χ0n) is 12.1. The molecule has 6 nitrogen and oxygen atoms in total. The molecular weight excluding hydrogens is 250 g/mol. The Labute approximate surface area is 114 Å². The van der Waals surface area contributed by atoms with Gasteiger partial charge in [-0.15, -0.1) is 0 Å². The minimum Gasteiger partial charge on any atom is -0.457 e. The highest BCUT2D eigenvalue weighted by Crippen LogP contribution is 2.10. The molecule has 0 bridgehead atoms. The Bertz CT molecular complexity index is 323. The van der Waals surface area contributed by atoms with E-state index in [1.807, 2.05) is 11.8 Å². The zero-order valence-corrected chi connectivity index (χ0v) is 12.1. The van der Waals surface area contributed by atoms with Crippen LogP contribution in [0.2, 0.25) is 0 Å². The van der Waals surface area contributed by atoms with Gasteiger partial charge in [0.2, 0.25) is 0 Å². The second-order valence-electron chi connectivity index (χ2n) is 5.41. The molecule has 19 heavy (non-hydrogen) atoms. The molecule has 0 aliphatic carbocycles. The Morgan fingerprint density at radius 3 is 2.63 bits per heavy atom. The maximum absolute atomic E-state index is 11.9. The summed E-state index contributed by atoms with van der Waals surface area (Å²) in [5, 5.41) is 0. The van der Waals surface area contributed by atoms with E-state index in [9.17, 15) is 9.59 Å². The Hall–Kier alpha value is -1.14. The first kappa shape index (κ1) is 15.9. The summed E-state index contributed by atoms with van der Waals surface area (Å²) in [6, 6.07) is -0.429. The maximum Gasteiger partial charge on any atom is 0.344 e. The SMILES string of the molecule is CCN1CCOC[C@H]1C(=O)OCC(=O)OC(C)(C)C. The molecular formula is C13H23NO5. The lowest BCUT2D eigenvalue weighted by Crippen LogP contribution is -2.50. The molecule has 1 saturated heterocycles.